The summed E-state index contributed by atoms with van der Waals surface area (Å²) in [5, 5.41) is 4.45. The van der Waals surface area contributed by atoms with Crippen LogP contribution in [-0.4, -0.2) is 68.2 Å². The van der Waals surface area contributed by atoms with Crippen LogP contribution in [0.4, 0.5) is 18.9 Å². The normalized spacial score (nSPS) is 20.0. The largest absolute Gasteiger partial charge is 0.406 e. The number of fused-ring (bicyclic) bond motifs is 1. The molecule has 1 N–H and O–H groups in total. The number of anilines is 1. The first-order valence-corrected chi connectivity index (χ1v) is 11.7. The standard InChI is InChI=1S/C22H31F3IN3O2/c1-30-12-10-28(11-13-31-2)17-8-6-16(7-9-17)27-19-4-3-5-20-18(19)14-21(26)29(20)15-22(23,24)25/h3-5,14,16-17,27H,6-13,15H2,1-2H3/t16-,17+. The summed E-state index contributed by atoms with van der Waals surface area (Å²) in [6, 6.07) is 8.22. The summed E-state index contributed by atoms with van der Waals surface area (Å²) in [5.41, 5.74) is 1.53. The van der Waals surface area contributed by atoms with E-state index in [1.165, 1.54) is 4.57 Å². The van der Waals surface area contributed by atoms with E-state index in [2.05, 4.69) is 10.2 Å². The number of alkyl halides is 3. The Hall–Kier alpha value is -1.04. The average Bonchev–Trinajstić information content (AvgIpc) is 3.04. The lowest BCUT2D eigenvalue weighted by atomic mass is 9.89. The number of ether oxygens (including phenoxy) is 2. The third-order valence-electron chi connectivity index (χ3n) is 5.97. The van der Waals surface area contributed by atoms with E-state index in [-0.39, 0.29) is 0 Å². The van der Waals surface area contributed by atoms with Crippen molar-refractivity contribution < 1.29 is 22.6 Å². The molecule has 0 bridgehead atoms. The summed E-state index contributed by atoms with van der Waals surface area (Å²) in [6.07, 6.45) is -0.0394. The van der Waals surface area contributed by atoms with E-state index in [0.29, 0.717) is 34.5 Å². The number of hydrogen-bond donors (Lipinski definition) is 1. The van der Waals surface area contributed by atoms with Crippen molar-refractivity contribution in [2.24, 2.45) is 0 Å². The van der Waals surface area contributed by atoms with Crippen molar-refractivity contribution in [3.63, 3.8) is 0 Å². The van der Waals surface area contributed by atoms with Crippen LogP contribution in [0.5, 0.6) is 0 Å². The van der Waals surface area contributed by atoms with Crippen molar-refractivity contribution in [3.8, 4) is 0 Å². The van der Waals surface area contributed by atoms with Gasteiger partial charge in [0.05, 0.1) is 22.4 Å². The first kappa shape index (κ1) is 24.6. The zero-order chi connectivity index (χ0) is 22.4. The van der Waals surface area contributed by atoms with Crippen LogP contribution in [-0.2, 0) is 16.0 Å². The summed E-state index contributed by atoms with van der Waals surface area (Å²) in [5.74, 6) is 0. The third-order valence-corrected chi connectivity index (χ3v) is 6.86. The van der Waals surface area contributed by atoms with Gasteiger partial charge in [0.15, 0.2) is 0 Å². The van der Waals surface area contributed by atoms with Crippen molar-refractivity contribution in [1.82, 2.24) is 9.47 Å². The van der Waals surface area contributed by atoms with Crippen LogP contribution in [0.25, 0.3) is 10.9 Å². The molecule has 2 aromatic rings. The Bertz CT molecular complexity index is 827. The van der Waals surface area contributed by atoms with Crippen molar-refractivity contribution in [2.75, 3.05) is 45.8 Å². The van der Waals surface area contributed by atoms with Crippen LogP contribution in [0, 0.1) is 3.70 Å². The Labute approximate surface area is 195 Å². The van der Waals surface area contributed by atoms with E-state index >= 15 is 0 Å². The molecule has 1 fully saturated rings. The topological polar surface area (TPSA) is 38.7 Å². The summed E-state index contributed by atoms with van der Waals surface area (Å²) < 4.78 is 51.4. The van der Waals surface area contributed by atoms with Crippen LogP contribution in [0.2, 0.25) is 0 Å². The molecule has 1 aliphatic carbocycles. The predicted molar refractivity (Wildman–Crippen MR) is 126 cm³/mol. The van der Waals surface area contributed by atoms with Gasteiger partial charge in [-0.1, -0.05) is 6.07 Å². The van der Waals surface area contributed by atoms with Gasteiger partial charge in [0.2, 0.25) is 0 Å². The molecular weight excluding hydrogens is 522 g/mol. The summed E-state index contributed by atoms with van der Waals surface area (Å²) in [4.78, 5) is 2.45. The van der Waals surface area contributed by atoms with Gasteiger partial charge < -0.3 is 19.4 Å². The number of aromatic nitrogens is 1. The molecule has 0 atom stereocenters. The molecule has 0 radical (unpaired) electrons. The molecule has 0 unspecified atom stereocenters. The van der Waals surface area contributed by atoms with Crippen LogP contribution < -0.4 is 5.32 Å². The van der Waals surface area contributed by atoms with Gasteiger partial charge in [0.1, 0.15) is 6.54 Å². The van der Waals surface area contributed by atoms with Crippen LogP contribution in [0.3, 0.4) is 0 Å². The fourth-order valence-corrected chi connectivity index (χ4v) is 5.16. The lowest BCUT2D eigenvalue weighted by Gasteiger charge is -2.37. The Kier molecular flexibility index (Phi) is 8.89. The number of hydrogen-bond acceptors (Lipinski definition) is 4. The van der Waals surface area contributed by atoms with Gasteiger partial charge in [-0.2, -0.15) is 13.2 Å². The van der Waals surface area contributed by atoms with Crippen molar-refractivity contribution in [1.29, 1.82) is 0 Å². The number of nitrogens with zero attached hydrogens (tertiary/aromatic N) is 2. The molecule has 1 aromatic heterocycles. The lowest BCUT2D eigenvalue weighted by Crippen LogP contribution is -2.43. The Balaban J connectivity index is 1.65. The summed E-state index contributed by atoms with van der Waals surface area (Å²) in [6.45, 7) is 2.23. The summed E-state index contributed by atoms with van der Waals surface area (Å²) >= 11 is 1.98. The van der Waals surface area contributed by atoms with Crippen LogP contribution in [0.1, 0.15) is 25.7 Å². The summed E-state index contributed by atoms with van der Waals surface area (Å²) in [7, 11) is 3.44. The number of rotatable bonds is 10. The quantitative estimate of drug-likeness (QED) is 0.415. The molecule has 1 saturated carbocycles. The fraction of sp³-hybridized carbons (Fsp3) is 0.636. The number of benzene rings is 1. The first-order valence-electron chi connectivity index (χ1n) is 10.7. The SMILES string of the molecule is COCCN(CCOC)[C@H]1CC[C@@H](Nc2cccc3c2cc(I)n3CC(F)(F)F)CC1. The minimum Gasteiger partial charge on any atom is -0.383 e. The second kappa shape index (κ2) is 11.2. The minimum absolute atomic E-state index is 0.317. The minimum atomic E-state index is -4.24. The van der Waals surface area contributed by atoms with Gasteiger partial charge in [-0.25, -0.2) is 0 Å². The van der Waals surface area contributed by atoms with Gasteiger partial charge in [0, 0.05) is 50.5 Å². The molecule has 0 saturated heterocycles. The van der Waals surface area contributed by atoms with Crippen LogP contribution >= 0.6 is 22.6 Å². The van der Waals surface area contributed by atoms with Crippen LogP contribution in [0.15, 0.2) is 24.3 Å². The zero-order valence-corrected chi connectivity index (χ0v) is 20.2. The Morgan fingerprint density at radius 3 is 2.32 bits per heavy atom. The van der Waals surface area contributed by atoms with Crippen molar-refractivity contribution in [3.05, 3.63) is 28.0 Å². The van der Waals surface area contributed by atoms with Gasteiger partial charge in [-0.3, -0.25) is 4.90 Å². The molecule has 5 nitrogen and oxygen atoms in total. The second-order valence-electron chi connectivity index (χ2n) is 8.08. The highest BCUT2D eigenvalue weighted by Gasteiger charge is 2.30. The first-order chi connectivity index (χ1) is 14.8. The van der Waals surface area contributed by atoms with Gasteiger partial charge in [-0.05, 0) is 66.5 Å². The third kappa shape index (κ3) is 6.72. The van der Waals surface area contributed by atoms with Gasteiger partial charge in [0.25, 0.3) is 0 Å². The Morgan fingerprint density at radius 1 is 1.10 bits per heavy atom. The molecule has 1 aromatic carbocycles. The molecule has 0 spiro atoms. The number of nitrogens with one attached hydrogen (secondary N) is 1. The van der Waals surface area contributed by atoms with Crippen molar-refractivity contribution >= 4 is 39.2 Å². The molecular formula is C22H31F3IN3O2. The average molecular weight is 553 g/mol. The zero-order valence-electron chi connectivity index (χ0n) is 18.1. The van der Waals surface area contributed by atoms with E-state index < -0.39 is 12.7 Å². The smallest absolute Gasteiger partial charge is 0.383 e. The van der Waals surface area contributed by atoms with Gasteiger partial charge in [-0.15, -0.1) is 0 Å². The molecule has 0 amide bonds. The molecule has 1 heterocycles. The maximum absolute atomic E-state index is 13.0. The Morgan fingerprint density at radius 2 is 1.74 bits per heavy atom. The monoisotopic (exact) mass is 553 g/mol. The van der Waals surface area contributed by atoms with E-state index in [4.69, 9.17) is 9.47 Å². The maximum atomic E-state index is 13.0. The van der Waals surface area contributed by atoms with E-state index in [1.807, 2.05) is 40.8 Å². The predicted octanol–water partition coefficient (Wildman–Crippen LogP) is 5.13. The highest BCUT2D eigenvalue weighted by Crippen LogP contribution is 2.33. The maximum Gasteiger partial charge on any atom is 0.406 e. The molecule has 0 aliphatic heterocycles. The number of halogens is 4. The lowest BCUT2D eigenvalue weighted by molar-refractivity contribution is -0.140. The highest BCUT2D eigenvalue weighted by atomic mass is 127. The number of methoxy groups -OCH3 is 2. The molecule has 3 rings (SSSR count). The van der Waals surface area contributed by atoms with E-state index in [0.717, 1.165) is 49.8 Å². The molecule has 174 valence electrons. The fourth-order valence-electron chi connectivity index (χ4n) is 4.42. The van der Waals surface area contributed by atoms with Gasteiger partial charge >= 0.3 is 6.18 Å². The second-order valence-corrected chi connectivity index (χ2v) is 9.18. The molecule has 31 heavy (non-hydrogen) atoms. The highest BCUT2D eigenvalue weighted by molar-refractivity contribution is 14.1. The van der Waals surface area contributed by atoms with E-state index in [9.17, 15) is 13.2 Å². The van der Waals surface area contributed by atoms with Crippen molar-refractivity contribution in [2.45, 2.75) is 50.5 Å². The molecule has 1 aliphatic rings. The van der Waals surface area contributed by atoms with E-state index in [1.54, 1.807) is 20.3 Å². The molecule has 9 heteroatoms.